The summed E-state index contributed by atoms with van der Waals surface area (Å²) in [5.41, 5.74) is 3.68. The molecule has 3 aromatic heterocycles. The minimum atomic E-state index is -0.599. The number of esters is 1. The molecule has 0 fully saturated rings. The Hall–Kier alpha value is -4.05. The normalized spacial score (nSPS) is 10.9. The van der Waals surface area contributed by atoms with Crippen LogP contribution in [0.15, 0.2) is 54.0 Å². The van der Waals surface area contributed by atoms with Crippen molar-refractivity contribution in [1.82, 2.24) is 9.38 Å². The quantitative estimate of drug-likeness (QED) is 0.216. The van der Waals surface area contributed by atoms with E-state index >= 15 is 0 Å². The summed E-state index contributed by atoms with van der Waals surface area (Å²) in [7, 11) is 0. The Bertz CT molecular complexity index is 1390. The van der Waals surface area contributed by atoms with Crippen LogP contribution in [0, 0.1) is 17.0 Å². The fraction of sp³-hybridized carbons (Fsp3) is 0.208. The first kappa shape index (κ1) is 23.1. The van der Waals surface area contributed by atoms with Crippen molar-refractivity contribution >= 4 is 39.5 Å². The van der Waals surface area contributed by atoms with E-state index in [1.807, 2.05) is 35.7 Å². The number of benzene rings is 1. The number of imidazole rings is 1. The lowest BCUT2D eigenvalue weighted by atomic mass is 10.0. The number of pyridine rings is 1. The predicted octanol–water partition coefficient (Wildman–Crippen LogP) is 5.03. The second-order valence-electron chi connectivity index (χ2n) is 7.50. The van der Waals surface area contributed by atoms with E-state index in [0.29, 0.717) is 22.5 Å². The van der Waals surface area contributed by atoms with Crippen LogP contribution in [-0.4, -0.2) is 32.8 Å². The lowest BCUT2D eigenvalue weighted by Gasteiger charge is -2.09. The molecule has 1 N–H and O–H groups in total. The Kier molecular flexibility index (Phi) is 6.69. The molecular weight excluding hydrogens is 456 g/mol. The smallest absolute Gasteiger partial charge is 0.341 e. The summed E-state index contributed by atoms with van der Waals surface area (Å²) in [6.07, 6.45) is 2.57. The zero-order valence-electron chi connectivity index (χ0n) is 18.6. The third kappa shape index (κ3) is 4.67. The fourth-order valence-corrected chi connectivity index (χ4v) is 4.72. The number of nitrogens with zero attached hydrogens (tertiary/aromatic N) is 3. The summed E-state index contributed by atoms with van der Waals surface area (Å²) >= 11 is 1.18. The van der Waals surface area contributed by atoms with Gasteiger partial charge in [-0.25, -0.2) is 9.78 Å². The van der Waals surface area contributed by atoms with Crippen LogP contribution in [0.2, 0.25) is 0 Å². The summed E-state index contributed by atoms with van der Waals surface area (Å²) in [6, 6.07) is 11.7. The molecule has 0 aliphatic rings. The summed E-state index contributed by atoms with van der Waals surface area (Å²) < 4.78 is 7.16. The molecule has 0 bridgehead atoms. The number of carbonyl (C=O) groups is 2. The van der Waals surface area contributed by atoms with E-state index in [4.69, 9.17) is 4.74 Å². The molecule has 0 aliphatic carbocycles. The Morgan fingerprint density at radius 1 is 1.24 bits per heavy atom. The maximum atomic E-state index is 12.8. The number of ether oxygens (including phenoxy) is 1. The number of anilines is 1. The van der Waals surface area contributed by atoms with Gasteiger partial charge in [-0.1, -0.05) is 18.2 Å². The Balaban J connectivity index is 1.58. The van der Waals surface area contributed by atoms with Crippen LogP contribution < -0.4 is 5.32 Å². The van der Waals surface area contributed by atoms with Crippen molar-refractivity contribution in [3.05, 3.63) is 81.1 Å². The highest BCUT2D eigenvalue weighted by Crippen LogP contribution is 2.37. The van der Waals surface area contributed by atoms with Crippen LogP contribution in [-0.2, 0) is 16.0 Å². The number of rotatable bonds is 8. The van der Waals surface area contributed by atoms with Crippen LogP contribution >= 0.6 is 11.3 Å². The van der Waals surface area contributed by atoms with Gasteiger partial charge in [-0.3, -0.25) is 14.9 Å². The van der Waals surface area contributed by atoms with Gasteiger partial charge < -0.3 is 14.5 Å². The molecule has 0 radical (unpaired) electrons. The molecule has 4 rings (SSSR count). The lowest BCUT2D eigenvalue weighted by Crippen LogP contribution is -2.15. The highest BCUT2D eigenvalue weighted by atomic mass is 32.1. The van der Waals surface area contributed by atoms with Crippen molar-refractivity contribution in [2.24, 2.45) is 0 Å². The van der Waals surface area contributed by atoms with E-state index in [9.17, 15) is 19.7 Å². The third-order valence-corrected chi connectivity index (χ3v) is 6.20. The zero-order chi connectivity index (χ0) is 24.2. The van der Waals surface area contributed by atoms with Gasteiger partial charge in [-0.2, -0.15) is 0 Å². The van der Waals surface area contributed by atoms with Crippen LogP contribution in [0.3, 0.4) is 0 Å². The molecule has 10 heteroatoms. The molecule has 1 amide bonds. The van der Waals surface area contributed by atoms with Crippen LogP contribution in [0.1, 0.15) is 35.1 Å². The Morgan fingerprint density at radius 2 is 2.06 bits per heavy atom. The van der Waals surface area contributed by atoms with E-state index in [2.05, 4.69) is 10.3 Å². The highest BCUT2D eigenvalue weighted by Gasteiger charge is 2.24. The van der Waals surface area contributed by atoms with Gasteiger partial charge in [0, 0.05) is 41.4 Å². The number of thiophene rings is 1. The molecule has 0 saturated heterocycles. The van der Waals surface area contributed by atoms with Gasteiger partial charge in [-0.15, -0.1) is 11.3 Å². The molecule has 9 nitrogen and oxygen atoms in total. The van der Waals surface area contributed by atoms with Crippen LogP contribution in [0.25, 0.3) is 16.8 Å². The number of aromatic nitrogens is 2. The van der Waals surface area contributed by atoms with Crippen molar-refractivity contribution in [2.75, 3.05) is 11.9 Å². The highest BCUT2D eigenvalue weighted by molar-refractivity contribution is 7.15. The number of hydrogen-bond donors (Lipinski definition) is 1. The molecule has 0 spiro atoms. The first-order chi connectivity index (χ1) is 16.4. The first-order valence-electron chi connectivity index (χ1n) is 10.6. The number of hydrogen-bond acceptors (Lipinski definition) is 7. The second kappa shape index (κ2) is 9.84. The topological polar surface area (TPSA) is 116 Å². The minimum absolute atomic E-state index is 0.0903. The average molecular weight is 479 g/mol. The molecule has 0 aliphatic heterocycles. The number of amides is 1. The summed E-state index contributed by atoms with van der Waals surface area (Å²) in [6.45, 7) is 3.75. The molecule has 0 saturated carbocycles. The molecule has 3 heterocycles. The Labute approximate surface area is 199 Å². The van der Waals surface area contributed by atoms with Crippen molar-refractivity contribution in [2.45, 2.75) is 26.7 Å². The number of nitrogens with one attached hydrogen (secondary N) is 1. The maximum Gasteiger partial charge on any atom is 0.341 e. The van der Waals surface area contributed by atoms with Gasteiger partial charge in [0.05, 0.1) is 17.2 Å². The number of aryl methyl sites for hydroxylation is 2. The average Bonchev–Trinajstić information content (AvgIpc) is 3.38. The zero-order valence-corrected chi connectivity index (χ0v) is 19.4. The molecular formula is C24H22N4O5S. The standard InChI is InChI=1S/C24H22N4O5S/c1-3-33-24(30)22-18(16-7-6-8-17(13-16)28(31)32)14-34-23(22)26-21(29)11-10-19-15(2)25-20-9-4-5-12-27(19)20/h4-9,12-14H,3,10-11H2,1-2H3,(H,26,29). The summed E-state index contributed by atoms with van der Waals surface area (Å²) in [5, 5.41) is 16.0. The van der Waals surface area contributed by atoms with E-state index < -0.39 is 10.9 Å². The van der Waals surface area contributed by atoms with Crippen molar-refractivity contribution in [3.8, 4) is 11.1 Å². The van der Waals surface area contributed by atoms with E-state index in [1.54, 1.807) is 24.4 Å². The van der Waals surface area contributed by atoms with Crippen molar-refractivity contribution < 1.29 is 19.2 Å². The lowest BCUT2D eigenvalue weighted by molar-refractivity contribution is -0.384. The molecule has 0 unspecified atom stereocenters. The number of non-ortho nitro benzene ring substituents is 1. The predicted molar refractivity (Wildman–Crippen MR) is 129 cm³/mol. The Morgan fingerprint density at radius 3 is 2.82 bits per heavy atom. The number of carbonyl (C=O) groups excluding carboxylic acids is 2. The van der Waals surface area contributed by atoms with Gasteiger partial charge in [-0.05, 0) is 38.0 Å². The molecule has 34 heavy (non-hydrogen) atoms. The number of nitro benzene ring substituents is 1. The van der Waals surface area contributed by atoms with E-state index in [-0.39, 0.29) is 30.2 Å². The minimum Gasteiger partial charge on any atom is -0.462 e. The van der Waals surface area contributed by atoms with E-state index in [1.165, 1.54) is 23.5 Å². The summed E-state index contributed by atoms with van der Waals surface area (Å²) in [5.74, 6) is -0.860. The third-order valence-electron chi connectivity index (χ3n) is 5.31. The maximum absolute atomic E-state index is 12.8. The SMILES string of the molecule is CCOC(=O)c1c(-c2cccc([N+](=O)[O-])c2)csc1NC(=O)CCc1c(C)nc2ccccn12. The van der Waals surface area contributed by atoms with Crippen LogP contribution in [0.4, 0.5) is 10.7 Å². The second-order valence-corrected chi connectivity index (χ2v) is 8.38. The molecule has 4 aromatic rings. The van der Waals surface area contributed by atoms with Gasteiger partial charge in [0.2, 0.25) is 5.91 Å². The van der Waals surface area contributed by atoms with E-state index in [0.717, 1.165) is 17.0 Å². The van der Waals surface area contributed by atoms with Gasteiger partial charge in [0.25, 0.3) is 5.69 Å². The first-order valence-corrected chi connectivity index (χ1v) is 11.5. The van der Waals surface area contributed by atoms with Gasteiger partial charge in [0.15, 0.2) is 0 Å². The monoisotopic (exact) mass is 478 g/mol. The molecule has 0 atom stereocenters. The fourth-order valence-electron chi connectivity index (χ4n) is 3.74. The summed E-state index contributed by atoms with van der Waals surface area (Å²) in [4.78, 5) is 40.7. The number of nitro groups is 1. The van der Waals surface area contributed by atoms with Crippen LogP contribution in [0.5, 0.6) is 0 Å². The molecule has 1 aromatic carbocycles. The van der Waals surface area contributed by atoms with Gasteiger partial charge >= 0.3 is 5.97 Å². The largest absolute Gasteiger partial charge is 0.462 e. The number of fused-ring (bicyclic) bond motifs is 1. The van der Waals surface area contributed by atoms with Crippen molar-refractivity contribution in [1.29, 1.82) is 0 Å². The van der Waals surface area contributed by atoms with Crippen molar-refractivity contribution in [3.63, 3.8) is 0 Å². The van der Waals surface area contributed by atoms with Gasteiger partial charge in [0.1, 0.15) is 16.2 Å². The molecule has 174 valence electrons.